The van der Waals surface area contributed by atoms with Crippen molar-refractivity contribution in [3.63, 3.8) is 0 Å². The second-order valence-electron chi connectivity index (χ2n) is 7.39. The van der Waals surface area contributed by atoms with Gasteiger partial charge in [-0.15, -0.1) is 0 Å². The van der Waals surface area contributed by atoms with Crippen LogP contribution in [0.4, 0.5) is 4.39 Å². The molecule has 1 saturated carbocycles. The lowest BCUT2D eigenvalue weighted by molar-refractivity contribution is -0.124. The molecule has 2 aromatic rings. The maximum Gasteiger partial charge on any atom is 0.238 e. The van der Waals surface area contributed by atoms with Gasteiger partial charge in [0.15, 0.2) is 0 Å². The third kappa shape index (κ3) is 3.49. The van der Waals surface area contributed by atoms with Crippen LogP contribution in [0.3, 0.4) is 0 Å². The Kier molecular flexibility index (Phi) is 4.85. The molecule has 28 heavy (non-hydrogen) atoms. The summed E-state index contributed by atoms with van der Waals surface area (Å²) >= 11 is 0. The predicted octanol–water partition coefficient (Wildman–Crippen LogP) is 2.65. The highest BCUT2D eigenvalue weighted by atomic mass is 19.1. The molecule has 1 aromatic heterocycles. The Hall–Kier alpha value is -3.16. The summed E-state index contributed by atoms with van der Waals surface area (Å²) in [6.07, 6.45) is 3.21. The summed E-state index contributed by atoms with van der Waals surface area (Å²) in [6, 6.07) is 11.0. The number of carbonyl (C=O) groups is 1. The maximum absolute atomic E-state index is 14.5. The van der Waals surface area contributed by atoms with Crippen molar-refractivity contribution in [1.29, 1.82) is 10.5 Å². The van der Waals surface area contributed by atoms with Gasteiger partial charge in [0.25, 0.3) is 0 Å². The molecule has 1 aliphatic carbocycles. The van der Waals surface area contributed by atoms with Crippen LogP contribution < -0.4 is 10.6 Å². The van der Waals surface area contributed by atoms with E-state index in [1.807, 2.05) is 6.07 Å². The molecule has 0 radical (unpaired) electrons. The number of amides is 1. The Morgan fingerprint density at radius 3 is 2.79 bits per heavy atom. The number of nitrogens with zero attached hydrogens (tertiary/aromatic N) is 2. The Labute approximate surface area is 161 Å². The van der Waals surface area contributed by atoms with E-state index in [9.17, 15) is 14.4 Å². The van der Waals surface area contributed by atoms with Crippen molar-refractivity contribution in [2.45, 2.75) is 43.8 Å². The van der Waals surface area contributed by atoms with E-state index >= 15 is 0 Å². The molecule has 1 aliphatic heterocycles. The summed E-state index contributed by atoms with van der Waals surface area (Å²) in [7, 11) is 0. The van der Waals surface area contributed by atoms with E-state index in [0.717, 1.165) is 19.3 Å². The molecule has 2 N–H and O–H groups in total. The zero-order valence-electron chi connectivity index (χ0n) is 15.1. The highest BCUT2D eigenvalue weighted by Crippen LogP contribution is 2.35. The number of nitrogens with one attached hydrogen (secondary N) is 2. The first-order valence-electron chi connectivity index (χ1n) is 9.32. The van der Waals surface area contributed by atoms with Gasteiger partial charge in [0.05, 0.1) is 12.1 Å². The lowest BCUT2D eigenvalue weighted by atomic mass is 9.98. The topological polar surface area (TPSA) is 102 Å². The average molecular weight is 378 g/mol. The second-order valence-corrected chi connectivity index (χ2v) is 7.39. The standard InChI is InChI=1S/C21H19FN4O2/c22-18-9-13(19-6-5-17(11-24)28-19)2-1-12(18)7-16(10-23)26-21(27)20-14-3-4-15(8-14)25-20/h1-2,5-6,9,14-16,20,25H,3-4,7-8H2,(H,26,27). The molecule has 4 rings (SSSR count). The molecular formula is C21H19FN4O2. The van der Waals surface area contributed by atoms with Gasteiger partial charge in [0.1, 0.15) is 23.7 Å². The zero-order valence-corrected chi connectivity index (χ0v) is 15.1. The van der Waals surface area contributed by atoms with Crippen LogP contribution in [0.5, 0.6) is 0 Å². The van der Waals surface area contributed by atoms with Crippen LogP contribution in [-0.2, 0) is 11.2 Å². The molecule has 1 aromatic carbocycles. The SMILES string of the molecule is N#Cc1ccc(-c2ccc(CC(C#N)NC(=O)C3NC4CCC3C4)c(F)c2)o1. The van der Waals surface area contributed by atoms with Crippen molar-refractivity contribution in [1.82, 2.24) is 10.6 Å². The highest BCUT2D eigenvalue weighted by molar-refractivity contribution is 5.83. The van der Waals surface area contributed by atoms with Crippen LogP contribution in [0.2, 0.25) is 0 Å². The van der Waals surface area contributed by atoms with Crippen molar-refractivity contribution >= 4 is 5.91 Å². The average Bonchev–Trinajstić information content (AvgIpc) is 3.45. The van der Waals surface area contributed by atoms with E-state index in [0.29, 0.717) is 28.8 Å². The Balaban J connectivity index is 1.43. The summed E-state index contributed by atoms with van der Waals surface area (Å²) in [5.41, 5.74) is 0.843. The Morgan fingerprint density at radius 1 is 1.32 bits per heavy atom. The maximum atomic E-state index is 14.5. The number of hydrogen-bond donors (Lipinski definition) is 2. The minimum absolute atomic E-state index is 0.0801. The molecule has 4 unspecified atom stereocenters. The van der Waals surface area contributed by atoms with Crippen molar-refractivity contribution < 1.29 is 13.6 Å². The lowest BCUT2D eigenvalue weighted by Crippen LogP contribution is -2.50. The van der Waals surface area contributed by atoms with Crippen LogP contribution in [-0.4, -0.2) is 24.0 Å². The van der Waals surface area contributed by atoms with E-state index in [4.69, 9.17) is 9.68 Å². The van der Waals surface area contributed by atoms with E-state index in [1.54, 1.807) is 18.2 Å². The van der Waals surface area contributed by atoms with Gasteiger partial charge < -0.3 is 15.1 Å². The normalized spacial score (nSPS) is 23.8. The second kappa shape index (κ2) is 7.46. The summed E-state index contributed by atoms with van der Waals surface area (Å²) < 4.78 is 19.8. The summed E-state index contributed by atoms with van der Waals surface area (Å²) in [6.45, 7) is 0. The van der Waals surface area contributed by atoms with Crippen LogP contribution in [0.15, 0.2) is 34.7 Å². The molecule has 0 spiro atoms. The molecule has 6 nitrogen and oxygen atoms in total. The molecule has 2 fully saturated rings. The smallest absolute Gasteiger partial charge is 0.238 e. The largest absolute Gasteiger partial charge is 0.446 e. The van der Waals surface area contributed by atoms with E-state index in [-0.39, 0.29) is 24.1 Å². The quantitative estimate of drug-likeness (QED) is 0.833. The van der Waals surface area contributed by atoms with Gasteiger partial charge in [0, 0.05) is 18.0 Å². The van der Waals surface area contributed by atoms with Gasteiger partial charge >= 0.3 is 0 Å². The number of rotatable bonds is 5. The fraction of sp³-hybridized carbons (Fsp3) is 0.381. The van der Waals surface area contributed by atoms with Crippen LogP contribution in [0, 0.1) is 34.4 Å². The number of fused-ring (bicyclic) bond motifs is 2. The first kappa shape index (κ1) is 18.2. The summed E-state index contributed by atoms with van der Waals surface area (Å²) in [5.74, 6) is 0.206. The third-order valence-corrected chi connectivity index (χ3v) is 5.59. The number of carbonyl (C=O) groups excluding carboxylic acids is 1. The minimum Gasteiger partial charge on any atom is -0.446 e. The number of halogens is 1. The first-order chi connectivity index (χ1) is 13.6. The highest BCUT2D eigenvalue weighted by Gasteiger charge is 2.43. The van der Waals surface area contributed by atoms with Crippen LogP contribution >= 0.6 is 0 Å². The van der Waals surface area contributed by atoms with Crippen molar-refractivity contribution in [2.24, 2.45) is 5.92 Å². The van der Waals surface area contributed by atoms with Gasteiger partial charge in [0.2, 0.25) is 11.7 Å². The fourth-order valence-electron chi connectivity index (χ4n) is 4.18. The molecule has 7 heteroatoms. The van der Waals surface area contributed by atoms with Gasteiger partial charge in [-0.3, -0.25) is 4.79 Å². The Morgan fingerprint density at radius 2 is 2.18 bits per heavy atom. The van der Waals surface area contributed by atoms with Gasteiger partial charge in [-0.05, 0) is 48.9 Å². The number of benzene rings is 1. The van der Waals surface area contributed by atoms with E-state index in [1.165, 1.54) is 12.1 Å². The van der Waals surface area contributed by atoms with Crippen LogP contribution in [0.1, 0.15) is 30.6 Å². The molecule has 2 aliphatic rings. The molecule has 1 amide bonds. The molecule has 2 heterocycles. The molecular weight excluding hydrogens is 359 g/mol. The Bertz CT molecular complexity index is 987. The number of piperidine rings is 1. The van der Waals surface area contributed by atoms with E-state index in [2.05, 4.69) is 16.7 Å². The molecule has 142 valence electrons. The van der Waals surface area contributed by atoms with Gasteiger partial charge in [-0.1, -0.05) is 12.1 Å². The van der Waals surface area contributed by atoms with Crippen molar-refractivity contribution in [2.75, 3.05) is 0 Å². The lowest BCUT2D eigenvalue weighted by Gasteiger charge is -2.23. The molecule has 1 saturated heterocycles. The summed E-state index contributed by atoms with van der Waals surface area (Å²) in [5, 5.41) is 24.3. The fourth-order valence-corrected chi connectivity index (χ4v) is 4.18. The monoisotopic (exact) mass is 378 g/mol. The zero-order chi connectivity index (χ0) is 19.7. The third-order valence-electron chi connectivity index (χ3n) is 5.59. The molecule has 4 atom stereocenters. The van der Waals surface area contributed by atoms with Gasteiger partial charge in [-0.25, -0.2) is 4.39 Å². The van der Waals surface area contributed by atoms with Gasteiger partial charge in [-0.2, -0.15) is 10.5 Å². The van der Waals surface area contributed by atoms with Crippen molar-refractivity contribution in [3.8, 4) is 23.5 Å². The van der Waals surface area contributed by atoms with E-state index < -0.39 is 11.9 Å². The number of furan rings is 1. The van der Waals surface area contributed by atoms with Crippen LogP contribution in [0.25, 0.3) is 11.3 Å². The number of nitriles is 2. The number of hydrogen-bond acceptors (Lipinski definition) is 5. The molecule has 2 bridgehead atoms. The van der Waals surface area contributed by atoms with Crippen molar-refractivity contribution in [3.05, 3.63) is 47.5 Å². The predicted molar refractivity (Wildman–Crippen MR) is 98.1 cm³/mol. The minimum atomic E-state index is -0.803. The summed E-state index contributed by atoms with van der Waals surface area (Å²) in [4.78, 5) is 12.5. The first-order valence-corrected chi connectivity index (χ1v) is 9.32.